The van der Waals surface area contributed by atoms with E-state index in [4.69, 9.17) is 4.74 Å². The number of carboxylic acid groups (broad SMARTS) is 1. The van der Waals surface area contributed by atoms with Gasteiger partial charge in [-0.15, -0.1) is 0 Å². The summed E-state index contributed by atoms with van der Waals surface area (Å²) >= 11 is 0. The van der Waals surface area contributed by atoms with Crippen LogP contribution in [0.4, 0.5) is 0 Å². The number of hydrogen-bond donors (Lipinski definition) is 2. The summed E-state index contributed by atoms with van der Waals surface area (Å²) in [7, 11) is 0. The topological polar surface area (TPSA) is 83.8 Å². The number of carbonyl (C=O) groups excluding carboxylic acids is 1. The van der Waals surface area contributed by atoms with Crippen LogP contribution in [-0.2, 0) is 14.3 Å². The molecule has 4 bridgehead atoms. The van der Waals surface area contributed by atoms with Crippen LogP contribution in [0.15, 0.2) is 12.2 Å². The highest BCUT2D eigenvalue weighted by molar-refractivity contribution is 5.85. The average Bonchev–Trinajstić information content (AvgIpc) is 3.01. The normalized spacial score (nSPS) is 58.7. The van der Waals surface area contributed by atoms with Gasteiger partial charge in [0.15, 0.2) is 0 Å². The number of allylic oxidation sites excluding steroid dienone is 1. The largest absolute Gasteiger partial charge is 0.481 e. The summed E-state index contributed by atoms with van der Waals surface area (Å²) in [5, 5.41) is 21.0. The van der Waals surface area contributed by atoms with E-state index in [-0.39, 0.29) is 17.3 Å². The van der Waals surface area contributed by atoms with Crippen LogP contribution in [0, 0.1) is 40.4 Å². The van der Waals surface area contributed by atoms with Crippen LogP contribution in [0.3, 0.4) is 0 Å². The van der Waals surface area contributed by atoms with E-state index in [2.05, 4.69) is 6.58 Å². The van der Waals surface area contributed by atoms with E-state index in [0.717, 1.165) is 25.7 Å². The molecule has 0 amide bonds. The summed E-state index contributed by atoms with van der Waals surface area (Å²) in [5.41, 5.74) is -1.04. The molecule has 1 aliphatic heterocycles. The molecule has 5 aliphatic rings. The standard InChI is InChI=1S/C20H26O5/c1-9-7-19-8-11(9)4-5-12(19)20-10(2)6-13(21)18(3,17(24)25-20)15(20)14(19)16(22)23/h10-15,21H,1,4-8H2,2-3H3,(H,22,23)/t10-,11-,12-,13+,14-,15-,18-,19+,20-/m1/s1. The zero-order valence-corrected chi connectivity index (χ0v) is 14.8. The van der Waals surface area contributed by atoms with Crippen molar-refractivity contribution < 1.29 is 24.5 Å². The molecule has 1 spiro atoms. The summed E-state index contributed by atoms with van der Waals surface area (Å²) in [6.45, 7) is 8.01. The Morgan fingerprint density at radius 1 is 1.36 bits per heavy atom. The monoisotopic (exact) mass is 346 g/mol. The van der Waals surface area contributed by atoms with Gasteiger partial charge in [-0.2, -0.15) is 0 Å². The van der Waals surface area contributed by atoms with Crippen molar-refractivity contribution in [1.82, 2.24) is 0 Å². The number of rotatable bonds is 1. The molecule has 9 atom stereocenters. The quantitative estimate of drug-likeness (QED) is 0.562. The van der Waals surface area contributed by atoms with Gasteiger partial charge in [0.25, 0.3) is 0 Å². The molecule has 4 saturated carbocycles. The first-order chi connectivity index (χ1) is 11.7. The molecule has 0 unspecified atom stereocenters. The second-order valence-electron chi connectivity index (χ2n) is 9.57. The van der Waals surface area contributed by atoms with Crippen LogP contribution >= 0.6 is 0 Å². The Labute approximate surface area is 147 Å². The van der Waals surface area contributed by atoms with Crippen molar-refractivity contribution in [1.29, 1.82) is 0 Å². The summed E-state index contributed by atoms with van der Waals surface area (Å²) in [6, 6.07) is 0. The first-order valence-corrected chi connectivity index (χ1v) is 9.51. The summed E-state index contributed by atoms with van der Waals surface area (Å²) in [5.74, 6) is -1.88. The first-order valence-electron chi connectivity index (χ1n) is 9.51. The minimum absolute atomic E-state index is 0.0244. The molecule has 5 nitrogen and oxygen atoms in total. The third-order valence-corrected chi connectivity index (χ3v) is 8.90. The van der Waals surface area contributed by atoms with Gasteiger partial charge < -0.3 is 14.9 Å². The average molecular weight is 346 g/mol. The predicted octanol–water partition coefficient (Wildman–Crippen LogP) is 2.38. The van der Waals surface area contributed by atoms with Gasteiger partial charge in [0.1, 0.15) is 5.60 Å². The molecule has 0 radical (unpaired) electrons. The van der Waals surface area contributed by atoms with E-state index in [1.807, 2.05) is 6.92 Å². The Morgan fingerprint density at radius 2 is 2.08 bits per heavy atom. The summed E-state index contributed by atoms with van der Waals surface area (Å²) in [6.07, 6.45) is 3.15. The van der Waals surface area contributed by atoms with E-state index in [1.165, 1.54) is 5.57 Å². The second-order valence-corrected chi connectivity index (χ2v) is 9.57. The van der Waals surface area contributed by atoms with Crippen LogP contribution < -0.4 is 0 Å². The fourth-order valence-electron chi connectivity index (χ4n) is 8.00. The van der Waals surface area contributed by atoms with E-state index in [0.29, 0.717) is 12.3 Å². The van der Waals surface area contributed by atoms with Crippen molar-refractivity contribution >= 4 is 11.9 Å². The Kier molecular flexibility index (Phi) is 2.73. The Morgan fingerprint density at radius 3 is 2.76 bits per heavy atom. The number of aliphatic hydroxyl groups is 1. The number of aliphatic carboxylic acids is 1. The number of aliphatic hydroxyl groups excluding tert-OH is 1. The van der Waals surface area contributed by atoms with Crippen molar-refractivity contribution in [3.63, 3.8) is 0 Å². The number of carboxylic acids is 1. The van der Waals surface area contributed by atoms with E-state index in [9.17, 15) is 19.8 Å². The molecule has 136 valence electrons. The van der Waals surface area contributed by atoms with Gasteiger partial charge in [0, 0.05) is 11.8 Å². The number of ether oxygens (including phenoxy) is 1. The Hall–Kier alpha value is -1.36. The van der Waals surface area contributed by atoms with Crippen LogP contribution in [-0.4, -0.2) is 33.9 Å². The van der Waals surface area contributed by atoms with Gasteiger partial charge in [-0.3, -0.25) is 9.59 Å². The highest BCUT2D eigenvalue weighted by Gasteiger charge is 2.84. The van der Waals surface area contributed by atoms with Gasteiger partial charge >= 0.3 is 11.9 Å². The van der Waals surface area contributed by atoms with Gasteiger partial charge in [-0.1, -0.05) is 19.1 Å². The van der Waals surface area contributed by atoms with Crippen molar-refractivity contribution in [2.45, 2.75) is 57.7 Å². The molecule has 1 saturated heterocycles. The Balaban J connectivity index is 1.78. The van der Waals surface area contributed by atoms with Gasteiger partial charge in [-0.05, 0) is 56.3 Å². The lowest BCUT2D eigenvalue weighted by molar-refractivity contribution is -0.164. The van der Waals surface area contributed by atoms with Gasteiger partial charge in [0.2, 0.25) is 0 Å². The number of fused-ring (bicyclic) bond motifs is 1. The van der Waals surface area contributed by atoms with Crippen LogP contribution in [0.25, 0.3) is 0 Å². The van der Waals surface area contributed by atoms with Crippen molar-refractivity contribution in [2.75, 3.05) is 0 Å². The third-order valence-electron chi connectivity index (χ3n) is 8.90. The molecule has 4 aliphatic carbocycles. The maximum absolute atomic E-state index is 12.9. The van der Waals surface area contributed by atoms with E-state index < -0.39 is 40.9 Å². The lowest BCUT2D eigenvalue weighted by Crippen LogP contribution is -2.57. The zero-order valence-electron chi connectivity index (χ0n) is 14.8. The fraction of sp³-hybridized carbons (Fsp3) is 0.800. The van der Waals surface area contributed by atoms with Gasteiger partial charge in [0.05, 0.1) is 17.4 Å². The predicted molar refractivity (Wildman–Crippen MR) is 88.4 cm³/mol. The highest BCUT2D eigenvalue weighted by atomic mass is 16.6. The summed E-state index contributed by atoms with van der Waals surface area (Å²) in [4.78, 5) is 25.4. The molecule has 5 fully saturated rings. The molecule has 5 rings (SSSR count). The third kappa shape index (κ3) is 1.41. The van der Waals surface area contributed by atoms with E-state index in [1.54, 1.807) is 6.92 Å². The number of hydrogen-bond acceptors (Lipinski definition) is 4. The van der Waals surface area contributed by atoms with E-state index >= 15 is 0 Å². The molecule has 5 heteroatoms. The molecule has 25 heavy (non-hydrogen) atoms. The summed E-state index contributed by atoms with van der Waals surface area (Å²) < 4.78 is 6.12. The highest BCUT2D eigenvalue weighted by Crippen LogP contribution is 2.78. The number of esters is 1. The SMILES string of the molecule is C=C1C[C@]23C[C@H]1CC[C@H]2[C@@]12OC(=O)[C@@](C)([C@H]1[C@@H]3C(=O)O)[C@@H](O)C[C@H]2C. The lowest BCUT2D eigenvalue weighted by Gasteiger charge is -2.48. The van der Waals surface area contributed by atoms with Crippen LogP contribution in [0.5, 0.6) is 0 Å². The minimum Gasteiger partial charge on any atom is -0.481 e. The van der Waals surface area contributed by atoms with Crippen molar-refractivity contribution in [3.8, 4) is 0 Å². The van der Waals surface area contributed by atoms with Gasteiger partial charge in [-0.25, -0.2) is 0 Å². The molecule has 0 aromatic carbocycles. The van der Waals surface area contributed by atoms with Crippen LogP contribution in [0.2, 0.25) is 0 Å². The number of carbonyl (C=O) groups is 2. The minimum atomic E-state index is -1.11. The smallest absolute Gasteiger partial charge is 0.315 e. The van der Waals surface area contributed by atoms with Crippen molar-refractivity contribution in [2.24, 2.45) is 40.4 Å². The Bertz CT molecular complexity index is 715. The molecule has 0 aromatic heterocycles. The first kappa shape index (κ1) is 15.9. The lowest BCUT2D eigenvalue weighted by atomic mass is 9.55. The maximum atomic E-state index is 12.9. The second kappa shape index (κ2) is 4.30. The molecular formula is C20H26O5. The molecule has 0 aromatic rings. The fourth-order valence-corrected chi connectivity index (χ4v) is 8.00. The zero-order chi connectivity index (χ0) is 17.9. The maximum Gasteiger partial charge on any atom is 0.315 e. The molecule has 2 N–H and O–H groups in total. The van der Waals surface area contributed by atoms with Crippen LogP contribution in [0.1, 0.15) is 46.0 Å². The molecule has 1 heterocycles. The van der Waals surface area contributed by atoms with Crippen molar-refractivity contribution in [3.05, 3.63) is 12.2 Å². The molecular weight excluding hydrogens is 320 g/mol.